The summed E-state index contributed by atoms with van der Waals surface area (Å²) in [6, 6.07) is 9.90. The molecule has 0 radical (unpaired) electrons. The van der Waals surface area contributed by atoms with Crippen molar-refractivity contribution in [1.82, 2.24) is 15.1 Å². The second-order valence-corrected chi connectivity index (χ2v) is 7.42. The van der Waals surface area contributed by atoms with Crippen LogP contribution in [0.5, 0.6) is 0 Å². The summed E-state index contributed by atoms with van der Waals surface area (Å²) >= 11 is 0. The van der Waals surface area contributed by atoms with Gasteiger partial charge in [0.15, 0.2) is 0 Å². The molecule has 134 valence electrons. The number of piperidine rings is 1. The van der Waals surface area contributed by atoms with Crippen LogP contribution in [0.3, 0.4) is 0 Å². The molecule has 1 aliphatic heterocycles. The van der Waals surface area contributed by atoms with Crippen molar-refractivity contribution >= 4 is 5.91 Å². The number of carbonyl (C=O) groups is 1. The van der Waals surface area contributed by atoms with Crippen LogP contribution >= 0.6 is 0 Å². The average molecular weight is 350 g/mol. The number of hydrogen-bond acceptors (Lipinski definition) is 5. The molecule has 2 aliphatic rings. The van der Waals surface area contributed by atoms with E-state index in [1.165, 1.54) is 0 Å². The molecule has 6 nitrogen and oxygen atoms in total. The fourth-order valence-electron chi connectivity index (χ4n) is 4.13. The fourth-order valence-corrected chi connectivity index (χ4v) is 4.13. The summed E-state index contributed by atoms with van der Waals surface area (Å²) in [6.45, 7) is 4.46. The summed E-state index contributed by atoms with van der Waals surface area (Å²) in [4.78, 5) is 13.7. The molecule has 1 amide bonds. The third kappa shape index (κ3) is 2.68. The number of carbonyl (C=O) groups excluding carboxylic acids is 1. The topological polar surface area (TPSA) is 83.0 Å². The van der Waals surface area contributed by atoms with Crippen molar-refractivity contribution in [3.63, 3.8) is 0 Å². The largest absolute Gasteiger partial charge is 0.424 e. The van der Waals surface area contributed by atoms with Gasteiger partial charge < -0.3 is 9.32 Å². The van der Waals surface area contributed by atoms with E-state index in [9.17, 15) is 4.79 Å². The first-order valence-electron chi connectivity index (χ1n) is 9.17. The first kappa shape index (κ1) is 16.8. The molecular formula is C20H22N4O2. The maximum Gasteiger partial charge on any atom is 0.227 e. The van der Waals surface area contributed by atoms with E-state index in [4.69, 9.17) is 9.68 Å². The van der Waals surface area contributed by atoms with E-state index in [0.717, 1.165) is 37.8 Å². The molecule has 1 saturated heterocycles. The number of nitrogens with zero attached hydrogens (tertiary/aromatic N) is 4. The first-order valence-corrected chi connectivity index (χ1v) is 9.17. The number of likely N-dealkylation sites (tertiary alicyclic amines) is 1. The number of aromatic nitrogens is 2. The molecule has 0 spiro atoms. The van der Waals surface area contributed by atoms with Crippen LogP contribution in [0.25, 0.3) is 0 Å². The monoisotopic (exact) mass is 350 g/mol. The van der Waals surface area contributed by atoms with E-state index < -0.39 is 0 Å². The number of amides is 1. The van der Waals surface area contributed by atoms with Crippen molar-refractivity contribution in [1.29, 1.82) is 5.26 Å². The van der Waals surface area contributed by atoms with Gasteiger partial charge in [0, 0.05) is 19.5 Å². The Morgan fingerprint density at radius 3 is 2.88 bits per heavy atom. The van der Waals surface area contributed by atoms with Gasteiger partial charge in [0.25, 0.3) is 0 Å². The van der Waals surface area contributed by atoms with Gasteiger partial charge in [0.05, 0.1) is 23.0 Å². The Kier molecular flexibility index (Phi) is 4.03. The molecule has 0 unspecified atom stereocenters. The van der Waals surface area contributed by atoms with Crippen molar-refractivity contribution in [2.24, 2.45) is 0 Å². The van der Waals surface area contributed by atoms with Crippen LogP contribution in [-0.2, 0) is 10.2 Å². The van der Waals surface area contributed by atoms with Crippen LogP contribution in [0.4, 0.5) is 0 Å². The number of rotatable bonds is 3. The molecule has 2 heterocycles. The maximum absolute atomic E-state index is 11.8. The highest BCUT2D eigenvalue weighted by Gasteiger charge is 2.51. The minimum absolute atomic E-state index is 0.0617. The van der Waals surface area contributed by atoms with Gasteiger partial charge in [-0.2, -0.15) is 5.26 Å². The Bertz CT molecular complexity index is 878. The van der Waals surface area contributed by atoms with Gasteiger partial charge in [-0.3, -0.25) is 4.79 Å². The zero-order chi connectivity index (χ0) is 18.3. The summed E-state index contributed by atoms with van der Waals surface area (Å²) in [5.74, 6) is 1.43. The molecule has 1 aromatic carbocycles. The second-order valence-electron chi connectivity index (χ2n) is 7.42. The van der Waals surface area contributed by atoms with Gasteiger partial charge in [0.1, 0.15) is 0 Å². The number of nitriles is 1. The highest BCUT2D eigenvalue weighted by atomic mass is 16.4. The minimum atomic E-state index is -0.254. The Morgan fingerprint density at radius 2 is 2.19 bits per heavy atom. The first-order chi connectivity index (χ1) is 12.5. The van der Waals surface area contributed by atoms with Crippen molar-refractivity contribution in [3.05, 3.63) is 47.2 Å². The Balaban J connectivity index is 1.62. The van der Waals surface area contributed by atoms with Gasteiger partial charge in [-0.1, -0.05) is 12.1 Å². The molecule has 2 atom stereocenters. The molecule has 0 N–H and O–H groups in total. The Hall–Kier alpha value is -2.68. The molecular weight excluding hydrogens is 328 g/mol. The van der Waals surface area contributed by atoms with E-state index >= 15 is 0 Å². The van der Waals surface area contributed by atoms with Crippen molar-refractivity contribution in [3.8, 4) is 6.07 Å². The molecule has 6 heteroatoms. The van der Waals surface area contributed by atoms with Crippen LogP contribution in [0, 0.1) is 11.3 Å². The van der Waals surface area contributed by atoms with Gasteiger partial charge >= 0.3 is 0 Å². The predicted molar refractivity (Wildman–Crippen MR) is 94.3 cm³/mol. The molecule has 4 rings (SSSR count). The van der Waals surface area contributed by atoms with Crippen LogP contribution in [-0.4, -0.2) is 33.6 Å². The predicted octanol–water partition coefficient (Wildman–Crippen LogP) is 3.14. The molecule has 1 aliphatic carbocycles. The molecule has 2 aromatic rings. The van der Waals surface area contributed by atoms with Crippen LogP contribution in [0.1, 0.15) is 68.4 Å². The average Bonchev–Trinajstić information content (AvgIpc) is 3.32. The normalized spacial score (nSPS) is 24.1. The lowest BCUT2D eigenvalue weighted by molar-refractivity contribution is -0.132. The van der Waals surface area contributed by atoms with Crippen molar-refractivity contribution in [2.75, 3.05) is 6.54 Å². The van der Waals surface area contributed by atoms with E-state index in [0.29, 0.717) is 17.3 Å². The molecule has 26 heavy (non-hydrogen) atoms. The summed E-state index contributed by atoms with van der Waals surface area (Å²) in [6.07, 6.45) is 3.79. The summed E-state index contributed by atoms with van der Waals surface area (Å²) in [7, 11) is 0. The Labute approximate surface area is 152 Å². The highest BCUT2D eigenvalue weighted by molar-refractivity contribution is 5.73. The quantitative estimate of drug-likeness (QED) is 0.849. The Morgan fingerprint density at radius 1 is 1.38 bits per heavy atom. The lowest BCUT2D eigenvalue weighted by Crippen LogP contribution is -2.44. The fraction of sp³-hybridized carbons (Fsp3) is 0.500. The SMILES string of the molecule is CC(=O)N1CCC[C@H](c2nnc(C3(c4cccc(C#N)c4)CC3)o2)[C@@H]1C. The van der Waals surface area contributed by atoms with Gasteiger partial charge in [0.2, 0.25) is 17.7 Å². The lowest BCUT2D eigenvalue weighted by atomic mass is 9.90. The van der Waals surface area contributed by atoms with Gasteiger partial charge in [-0.15, -0.1) is 10.2 Å². The van der Waals surface area contributed by atoms with Crippen LogP contribution in [0.15, 0.2) is 28.7 Å². The van der Waals surface area contributed by atoms with E-state index in [1.54, 1.807) is 13.0 Å². The highest BCUT2D eigenvalue weighted by Crippen LogP contribution is 2.53. The second kappa shape index (κ2) is 6.24. The summed E-state index contributed by atoms with van der Waals surface area (Å²) in [5.41, 5.74) is 1.45. The molecule has 2 fully saturated rings. The minimum Gasteiger partial charge on any atom is -0.424 e. The van der Waals surface area contributed by atoms with E-state index in [2.05, 4.69) is 23.2 Å². The summed E-state index contributed by atoms with van der Waals surface area (Å²) in [5, 5.41) is 17.9. The number of benzene rings is 1. The number of hydrogen-bond donors (Lipinski definition) is 0. The van der Waals surface area contributed by atoms with Crippen LogP contribution < -0.4 is 0 Å². The van der Waals surface area contributed by atoms with Gasteiger partial charge in [-0.25, -0.2) is 0 Å². The van der Waals surface area contributed by atoms with E-state index in [1.807, 2.05) is 23.1 Å². The maximum atomic E-state index is 11.8. The summed E-state index contributed by atoms with van der Waals surface area (Å²) < 4.78 is 6.13. The zero-order valence-electron chi connectivity index (χ0n) is 15.1. The molecule has 1 aromatic heterocycles. The third-order valence-electron chi connectivity index (χ3n) is 5.85. The smallest absolute Gasteiger partial charge is 0.227 e. The third-order valence-corrected chi connectivity index (χ3v) is 5.85. The zero-order valence-corrected chi connectivity index (χ0v) is 15.1. The van der Waals surface area contributed by atoms with Crippen LogP contribution in [0.2, 0.25) is 0 Å². The lowest BCUT2D eigenvalue weighted by Gasteiger charge is -2.37. The van der Waals surface area contributed by atoms with E-state index in [-0.39, 0.29) is 23.3 Å². The molecule has 1 saturated carbocycles. The standard InChI is InChI=1S/C20H22N4O2/c1-13-17(7-4-10-24(13)14(2)25)18-22-23-19(26-18)20(8-9-20)16-6-3-5-15(11-16)12-21/h3,5-6,11,13,17H,4,7-10H2,1-2H3/t13-,17-/m0/s1. The molecule has 0 bridgehead atoms. The van der Waals surface area contributed by atoms with Crippen molar-refractivity contribution < 1.29 is 9.21 Å². The van der Waals surface area contributed by atoms with Crippen molar-refractivity contribution in [2.45, 2.75) is 56.9 Å². The van der Waals surface area contributed by atoms with Gasteiger partial charge in [-0.05, 0) is 50.3 Å².